The van der Waals surface area contributed by atoms with Crippen molar-refractivity contribution in [3.63, 3.8) is 0 Å². The zero-order valence-corrected chi connectivity index (χ0v) is 5.98. The molecule has 0 aromatic heterocycles. The summed E-state index contributed by atoms with van der Waals surface area (Å²) in [7, 11) is 3.65. The van der Waals surface area contributed by atoms with Gasteiger partial charge in [0.2, 0.25) is 0 Å². The Kier molecular flexibility index (Phi) is 1.22. The van der Waals surface area contributed by atoms with Crippen molar-refractivity contribution in [3.05, 3.63) is 0 Å². The molecule has 0 radical (unpaired) electrons. The minimum atomic E-state index is 0.151. The summed E-state index contributed by atoms with van der Waals surface area (Å²) >= 11 is 0. The molecule has 8 heavy (non-hydrogen) atoms. The smallest absolute Gasteiger partial charge is 0.192 e. The van der Waals surface area contributed by atoms with Gasteiger partial charge in [0.1, 0.15) is 0 Å². The number of hydrogen-bond donors (Lipinski definition) is 1. The minimum absolute atomic E-state index is 0.151. The van der Waals surface area contributed by atoms with E-state index in [0.717, 1.165) is 19.7 Å². The number of nitrogens with one attached hydrogen (secondary N) is 1. The number of hydrogen-bond acceptors (Lipinski definition) is 4. The summed E-state index contributed by atoms with van der Waals surface area (Å²) in [6.45, 7) is 2.91. The third-order valence-electron chi connectivity index (χ3n) is 1.21. The van der Waals surface area contributed by atoms with E-state index in [1.165, 1.54) is 0 Å². The highest BCUT2D eigenvalue weighted by Gasteiger charge is 2.48. The molecule has 1 spiro atoms. The third-order valence-corrected chi connectivity index (χ3v) is 3.89. The Hall–Kier alpha value is 0.620. The highest BCUT2D eigenvalue weighted by atomic mass is 33.2. The first-order chi connectivity index (χ1) is 3.91. The van der Waals surface area contributed by atoms with Gasteiger partial charge in [0.25, 0.3) is 0 Å². The summed E-state index contributed by atoms with van der Waals surface area (Å²) in [4.78, 5) is 0. The second-order valence-corrected chi connectivity index (χ2v) is 4.79. The Morgan fingerprint density at radius 1 is 1.50 bits per heavy atom. The molecule has 0 aliphatic carbocycles. The number of ether oxygens (including phenoxy) is 1. The van der Waals surface area contributed by atoms with E-state index in [0.29, 0.717) is 0 Å². The molecular formula is C4H7NOS2. The van der Waals surface area contributed by atoms with E-state index >= 15 is 0 Å². The van der Waals surface area contributed by atoms with Gasteiger partial charge in [-0.05, 0) is 21.6 Å². The maximum absolute atomic E-state index is 5.44. The Balaban J connectivity index is 1.95. The van der Waals surface area contributed by atoms with Crippen LogP contribution in [0.3, 0.4) is 0 Å². The molecule has 0 aromatic carbocycles. The van der Waals surface area contributed by atoms with Crippen molar-refractivity contribution >= 4 is 21.6 Å². The molecule has 2 saturated heterocycles. The van der Waals surface area contributed by atoms with Crippen LogP contribution >= 0.6 is 21.6 Å². The lowest BCUT2D eigenvalue weighted by Gasteiger charge is -2.19. The quantitative estimate of drug-likeness (QED) is 0.403. The van der Waals surface area contributed by atoms with Crippen molar-refractivity contribution in [3.8, 4) is 0 Å². The van der Waals surface area contributed by atoms with Crippen molar-refractivity contribution in [1.29, 1.82) is 0 Å². The number of rotatable bonds is 0. The molecule has 0 bridgehead atoms. The normalized spacial score (nSPS) is 33.0. The SMILES string of the molecule is C1COC2(CN1)SS2. The van der Waals surface area contributed by atoms with E-state index < -0.39 is 0 Å². The fourth-order valence-electron chi connectivity index (χ4n) is 0.725. The van der Waals surface area contributed by atoms with Gasteiger partial charge in [-0.1, -0.05) is 0 Å². The molecule has 2 heterocycles. The van der Waals surface area contributed by atoms with Crippen LogP contribution in [0.1, 0.15) is 0 Å². The lowest BCUT2D eigenvalue weighted by Crippen LogP contribution is -2.38. The van der Waals surface area contributed by atoms with Gasteiger partial charge in [-0.3, -0.25) is 0 Å². The average Bonchev–Trinajstić information content (AvgIpc) is 2.52. The van der Waals surface area contributed by atoms with Gasteiger partial charge in [0, 0.05) is 13.1 Å². The average molecular weight is 149 g/mol. The molecule has 4 heteroatoms. The largest absolute Gasteiger partial charge is 0.351 e. The maximum atomic E-state index is 5.44. The van der Waals surface area contributed by atoms with Crippen LogP contribution in [0.25, 0.3) is 0 Å². The van der Waals surface area contributed by atoms with Gasteiger partial charge >= 0.3 is 0 Å². The summed E-state index contributed by atoms with van der Waals surface area (Å²) in [5.74, 6) is 0. The van der Waals surface area contributed by atoms with Crippen LogP contribution in [0.2, 0.25) is 0 Å². The van der Waals surface area contributed by atoms with Gasteiger partial charge < -0.3 is 10.1 Å². The zero-order valence-electron chi connectivity index (χ0n) is 4.35. The molecule has 1 N–H and O–H groups in total. The molecule has 0 unspecified atom stereocenters. The molecule has 0 aromatic rings. The molecule has 2 aliphatic heterocycles. The standard InChI is InChI=1S/C4H7NOS2/c1-2-6-4(3-5-1)7-8-4/h5H,1-3H2. The third kappa shape index (κ3) is 0.857. The molecule has 2 rings (SSSR count). The topological polar surface area (TPSA) is 21.3 Å². The van der Waals surface area contributed by atoms with Gasteiger partial charge in [-0.25, -0.2) is 0 Å². The van der Waals surface area contributed by atoms with Crippen LogP contribution in [0.15, 0.2) is 0 Å². The fourth-order valence-corrected chi connectivity index (χ4v) is 2.32. The first-order valence-corrected chi connectivity index (χ1v) is 4.78. The van der Waals surface area contributed by atoms with Gasteiger partial charge in [-0.15, -0.1) is 0 Å². The van der Waals surface area contributed by atoms with Crippen molar-refractivity contribution in [2.75, 3.05) is 19.7 Å². The van der Waals surface area contributed by atoms with Crippen LogP contribution in [-0.4, -0.2) is 24.0 Å². The number of morpholine rings is 1. The minimum Gasteiger partial charge on any atom is -0.351 e. The molecule has 0 amide bonds. The van der Waals surface area contributed by atoms with Crippen molar-refractivity contribution in [2.24, 2.45) is 0 Å². The van der Waals surface area contributed by atoms with Crippen LogP contribution in [-0.2, 0) is 4.74 Å². The monoisotopic (exact) mass is 149 g/mol. The Morgan fingerprint density at radius 2 is 2.38 bits per heavy atom. The maximum Gasteiger partial charge on any atom is 0.192 e. The molecular weight excluding hydrogens is 142 g/mol. The Bertz CT molecular complexity index is 96.2. The van der Waals surface area contributed by atoms with E-state index in [1.54, 1.807) is 0 Å². The van der Waals surface area contributed by atoms with Gasteiger partial charge in [0.05, 0.1) is 6.61 Å². The van der Waals surface area contributed by atoms with E-state index in [9.17, 15) is 0 Å². The van der Waals surface area contributed by atoms with E-state index in [1.807, 2.05) is 21.6 Å². The second kappa shape index (κ2) is 1.80. The Labute approximate surface area is 56.1 Å². The fraction of sp³-hybridized carbons (Fsp3) is 1.00. The molecule has 2 nitrogen and oxygen atoms in total. The Morgan fingerprint density at radius 3 is 2.75 bits per heavy atom. The van der Waals surface area contributed by atoms with Crippen molar-refractivity contribution in [2.45, 2.75) is 4.27 Å². The second-order valence-electron chi connectivity index (χ2n) is 1.87. The molecule has 46 valence electrons. The summed E-state index contributed by atoms with van der Waals surface area (Å²) in [6.07, 6.45) is 0. The van der Waals surface area contributed by atoms with Gasteiger partial charge in [-0.2, -0.15) is 0 Å². The molecule has 0 saturated carbocycles. The van der Waals surface area contributed by atoms with Crippen molar-refractivity contribution in [1.82, 2.24) is 5.32 Å². The van der Waals surface area contributed by atoms with Crippen LogP contribution in [0.4, 0.5) is 0 Å². The van der Waals surface area contributed by atoms with Crippen LogP contribution < -0.4 is 5.32 Å². The first kappa shape index (κ1) is 5.41. The predicted molar refractivity (Wildman–Crippen MR) is 36.7 cm³/mol. The van der Waals surface area contributed by atoms with E-state index in [4.69, 9.17) is 4.74 Å². The van der Waals surface area contributed by atoms with Crippen molar-refractivity contribution < 1.29 is 4.74 Å². The zero-order chi connectivity index (χ0) is 5.45. The van der Waals surface area contributed by atoms with E-state index in [-0.39, 0.29) is 4.27 Å². The molecule has 2 fully saturated rings. The first-order valence-electron chi connectivity index (χ1n) is 2.63. The summed E-state index contributed by atoms with van der Waals surface area (Å²) in [5, 5.41) is 3.27. The summed E-state index contributed by atoms with van der Waals surface area (Å²) in [5.41, 5.74) is 0. The summed E-state index contributed by atoms with van der Waals surface area (Å²) < 4.78 is 5.59. The molecule has 2 aliphatic rings. The highest BCUT2D eigenvalue weighted by Crippen LogP contribution is 2.65. The predicted octanol–water partition coefficient (Wildman–Crippen LogP) is 0.655. The molecule has 0 atom stereocenters. The highest BCUT2D eigenvalue weighted by molar-refractivity contribution is 8.93. The lowest BCUT2D eigenvalue weighted by atomic mass is 10.5. The lowest BCUT2D eigenvalue weighted by molar-refractivity contribution is 0.0706. The van der Waals surface area contributed by atoms with Crippen LogP contribution in [0, 0.1) is 0 Å². The van der Waals surface area contributed by atoms with E-state index in [2.05, 4.69) is 5.32 Å². The summed E-state index contributed by atoms with van der Waals surface area (Å²) in [6, 6.07) is 0. The van der Waals surface area contributed by atoms with Gasteiger partial charge in [0.15, 0.2) is 4.27 Å². The van der Waals surface area contributed by atoms with Crippen LogP contribution in [0.5, 0.6) is 0 Å².